The van der Waals surface area contributed by atoms with Crippen molar-refractivity contribution in [2.24, 2.45) is 11.8 Å². The lowest BCUT2D eigenvalue weighted by molar-refractivity contribution is 0.355. The quantitative estimate of drug-likeness (QED) is 0.806. The van der Waals surface area contributed by atoms with Gasteiger partial charge in [0, 0.05) is 6.04 Å². The van der Waals surface area contributed by atoms with Crippen molar-refractivity contribution in [2.75, 3.05) is 0 Å². The number of rotatable bonds is 7. The summed E-state index contributed by atoms with van der Waals surface area (Å²) in [5.74, 6) is 1.76. The number of hydrogen-bond acceptors (Lipinski definition) is 3. The van der Waals surface area contributed by atoms with Crippen molar-refractivity contribution in [2.45, 2.75) is 38.6 Å². The van der Waals surface area contributed by atoms with Gasteiger partial charge in [-0.1, -0.05) is 45.9 Å². The molecule has 0 aliphatic carbocycles. The van der Waals surface area contributed by atoms with Gasteiger partial charge in [-0.25, -0.2) is 13.1 Å². The minimum Gasteiger partial charge on any atom is -0.457 e. The minimum absolute atomic E-state index is 0.102. The molecule has 0 atom stereocenters. The van der Waals surface area contributed by atoms with Crippen LogP contribution in [0.4, 0.5) is 0 Å². The highest BCUT2D eigenvalue weighted by molar-refractivity contribution is 7.89. The molecule has 2 aromatic rings. The molecule has 0 saturated carbocycles. The molecule has 0 saturated heterocycles. The fourth-order valence-corrected chi connectivity index (χ4v) is 4.13. The summed E-state index contributed by atoms with van der Waals surface area (Å²) in [5.41, 5.74) is 0. The maximum Gasteiger partial charge on any atom is 0.240 e. The topological polar surface area (TPSA) is 55.4 Å². The molecule has 0 amide bonds. The fraction of sp³-hybridized carbons (Fsp3) is 0.368. The smallest absolute Gasteiger partial charge is 0.240 e. The van der Waals surface area contributed by atoms with Crippen LogP contribution < -0.4 is 9.46 Å². The first-order valence-electron chi connectivity index (χ1n) is 8.15. The van der Waals surface area contributed by atoms with Crippen LogP contribution in [-0.4, -0.2) is 14.5 Å². The van der Waals surface area contributed by atoms with Gasteiger partial charge in [0.25, 0.3) is 0 Å². The van der Waals surface area contributed by atoms with Crippen molar-refractivity contribution in [3.63, 3.8) is 0 Å². The van der Waals surface area contributed by atoms with Gasteiger partial charge < -0.3 is 4.74 Å². The van der Waals surface area contributed by atoms with Gasteiger partial charge in [-0.3, -0.25) is 0 Å². The molecule has 0 heterocycles. The molecule has 0 fully saturated rings. The monoisotopic (exact) mass is 347 g/mol. The molecule has 2 aromatic carbocycles. The van der Waals surface area contributed by atoms with Crippen molar-refractivity contribution in [1.29, 1.82) is 0 Å². The van der Waals surface area contributed by atoms with Crippen LogP contribution in [0.5, 0.6) is 11.5 Å². The molecule has 0 spiro atoms. The largest absolute Gasteiger partial charge is 0.457 e. The van der Waals surface area contributed by atoms with E-state index < -0.39 is 10.0 Å². The zero-order valence-corrected chi connectivity index (χ0v) is 15.4. The van der Waals surface area contributed by atoms with E-state index in [0.717, 1.165) is 0 Å². The molecule has 0 bridgehead atoms. The van der Waals surface area contributed by atoms with Crippen LogP contribution in [0.25, 0.3) is 0 Å². The number of sulfonamides is 1. The van der Waals surface area contributed by atoms with Gasteiger partial charge in [-0.15, -0.1) is 0 Å². The molecule has 0 aliphatic rings. The lowest BCUT2D eigenvalue weighted by Gasteiger charge is -2.25. The van der Waals surface area contributed by atoms with E-state index in [0.29, 0.717) is 11.5 Å². The lowest BCUT2D eigenvalue weighted by atomic mass is 9.94. The summed E-state index contributed by atoms with van der Waals surface area (Å²) in [6.07, 6.45) is 0. The van der Waals surface area contributed by atoms with Crippen LogP contribution in [-0.2, 0) is 10.0 Å². The molecule has 0 radical (unpaired) electrons. The Bertz CT molecular complexity index is 730. The Morgan fingerprint density at radius 2 is 1.29 bits per heavy atom. The summed E-state index contributed by atoms with van der Waals surface area (Å²) in [5, 5.41) is 0. The van der Waals surface area contributed by atoms with E-state index in [9.17, 15) is 8.42 Å². The van der Waals surface area contributed by atoms with Crippen molar-refractivity contribution in [3.05, 3.63) is 54.6 Å². The van der Waals surface area contributed by atoms with Gasteiger partial charge >= 0.3 is 0 Å². The first-order chi connectivity index (χ1) is 11.3. The molecule has 5 heteroatoms. The Balaban J connectivity index is 2.14. The molecule has 24 heavy (non-hydrogen) atoms. The number of para-hydroxylation sites is 1. The highest BCUT2D eigenvalue weighted by atomic mass is 32.2. The second kappa shape index (κ2) is 7.81. The van der Waals surface area contributed by atoms with Crippen LogP contribution >= 0.6 is 0 Å². The summed E-state index contributed by atoms with van der Waals surface area (Å²) in [7, 11) is -3.54. The maximum absolute atomic E-state index is 12.6. The second-order valence-electron chi connectivity index (χ2n) is 6.52. The summed E-state index contributed by atoms with van der Waals surface area (Å²) in [6.45, 7) is 8.07. The standard InChI is InChI=1S/C19H25NO3S/c1-14(2)19(15(3)4)20-24(21,22)18-12-10-17(11-13-18)23-16-8-6-5-7-9-16/h5-15,19-20H,1-4H3. The number of nitrogens with one attached hydrogen (secondary N) is 1. The average molecular weight is 347 g/mol. The van der Waals surface area contributed by atoms with Gasteiger partial charge in [0.05, 0.1) is 4.90 Å². The molecule has 4 nitrogen and oxygen atoms in total. The minimum atomic E-state index is -3.54. The van der Waals surface area contributed by atoms with Gasteiger partial charge in [0.2, 0.25) is 10.0 Å². The third-order valence-corrected chi connectivity index (χ3v) is 5.32. The van der Waals surface area contributed by atoms with Crippen molar-refractivity contribution >= 4 is 10.0 Å². The number of ether oxygens (including phenoxy) is 1. The van der Waals surface area contributed by atoms with E-state index in [4.69, 9.17) is 4.74 Å². The van der Waals surface area contributed by atoms with Gasteiger partial charge in [-0.2, -0.15) is 0 Å². The Morgan fingerprint density at radius 3 is 1.79 bits per heavy atom. The Labute approximate surface area is 144 Å². The Morgan fingerprint density at radius 1 is 0.792 bits per heavy atom. The first kappa shape index (κ1) is 18.5. The zero-order valence-electron chi connectivity index (χ0n) is 14.6. The number of benzene rings is 2. The van der Waals surface area contributed by atoms with Gasteiger partial charge in [0.15, 0.2) is 0 Å². The molecular formula is C19H25NO3S. The SMILES string of the molecule is CC(C)C(NS(=O)(=O)c1ccc(Oc2ccccc2)cc1)C(C)C. The van der Waals surface area contributed by atoms with E-state index in [2.05, 4.69) is 4.72 Å². The van der Waals surface area contributed by atoms with Crippen molar-refractivity contribution in [3.8, 4) is 11.5 Å². The maximum atomic E-state index is 12.6. The van der Waals surface area contributed by atoms with Crippen LogP contribution in [0.2, 0.25) is 0 Å². The van der Waals surface area contributed by atoms with Gasteiger partial charge in [-0.05, 0) is 48.2 Å². The van der Waals surface area contributed by atoms with Crippen LogP contribution in [0.15, 0.2) is 59.5 Å². The molecular weight excluding hydrogens is 322 g/mol. The van der Waals surface area contributed by atoms with Crippen LogP contribution in [0.3, 0.4) is 0 Å². The Hall–Kier alpha value is -1.85. The summed E-state index contributed by atoms with van der Waals surface area (Å²) in [6, 6.07) is 15.7. The molecule has 0 aliphatic heterocycles. The molecule has 130 valence electrons. The summed E-state index contributed by atoms with van der Waals surface area (Å²) in [4.78, 5) is 0.245. The molecule has 0 unspecified atom stereocenters. The zero-order chi connectivity index (χ0) is 17.7. The van der Waals surface area contributed by atoms with E-state index >= 15 is 0 Å². The highest BCUT2D eigenvalue weighted by Crippen LogP contribution is 2.23. The summed E-state index contributed by atoms with van der Waals surface area (Å²) >= 11 is 0. The molecule has 1 N–H and O–H groups in total. The average Bonchev–Trinajstić information content (AvgIpc) is 2.54. The molecule has 2 rings (SSSR count). The van der Waals surface area contributed by atoms with E-state index in [1.54, 1.807) is 24.3 Å². The van der Waals surface area contributed by atoms with Crippen molar-refractivity contribution in [1.82, 2.24) is 4.72 Å². The van der Waals surface area contributed by atoms with E-state index in [1.807, 2.05) is 58.0 Å². The Kier molecular flexibility index (Phi) is 6.02. The third kappa shape index (κ3) is 4.82. The molecule has 0 aromatic heterocycles. The van der Waals surface area contributed by atoms with E-state index in [-0.39, 0.29) is 22.8 Å². The fourth-order valence-electron chi connectivity index (χ4n) is 2.60. The predicted octanol–water partition coefficient (Wildman–Crippen LogP) is 4.44. The predicted molar refractivity (Wildman–Crippen MR) is 96.7 cm³/mol. The van der Waals surface area contributed by atoms with Gasteiger partial charge in [0.1, 0.15) is 11.5 Å². The number of hydrogen-bond donors (Lipinski definition) is 1. The highest BCUT2D eigenvalue weighted by Gasteiger charge is 2.24. The second-order valence-corrected chi connectivity index (χ2v) is 8.24. The third-order valence-electron chi connectivity index (χ3n) is 3.84. The lowest BCUT2D eigenvalue weighted by Crippen LogP contribution is -2.42. The van der Waals surface area contributed by atoms with Crippen LogP contribution in [0.1, 0.15) is 27.7 Å². The summed E-state index contributed by atoms with van der Waals surface area (Å²) < 4.78 is 33.6. The van der Waals surface area contributed by atoms with Crippen LogP contribution in [0, 0.1) is 11.8 Å². The van der Waals surface area contributed by atoms with E-state index in [1.165, 1.54) is 0 Å². The first-order valence-corrected chi connectivity index (χ1v) is 9.63. The van der Waals surface area contributed by atoms with Crippen molar-refractivity contribution < 1.29 is 13.2 Å². The normalized spacial score (nSPS) is 12.1.